The fourth-order valence-corrected chi connectivity index (χ4v) is 2.51. The summed E-state index contributed by atoms with van der Waals surface area (Å²) in [6, 6.07) is 14.8. The Bertz CT molecular complexity index is 1080. The van der Waals surface area contributed by atoms with E-state index in [1.165, 1.54) is 4.68 Å². The van der Waals surface area contributed by atoms with Crippen molar-refractivity contribution < 1.29 is 4.52 Å². The molecule has 0 atom stereocenters. The second-order valence-electron chi connectivity index (χ2n) is 5.40. The van der Waals surface area contributed by atoms with E-state index in [2.05, 4.69) is 20.5 Å². The summed E-state index contributed by atoms with van der Waals surface area (Å²) < 4.78 is 6.48. The first kappa shape index (κ1) is 14.3. The van der Waals surface area contributed by atoms with Crippen molar-refractivity contribution in [3.63, 3.8) is 0 Å². The minimum atomic E-state index is -0.240. The highest BCUT2D eigenvalue weighted by atomic mass is 16.5. The summed E-state index contributed by atoms with van der Waals surface area (Å²) in [6.07, 6.45) is 0. The lowest BCUT2D eigenvalue weighted by atomic mass is 10.1. The average Bonchev–Trinajstić information content (AvgIpc) is 3.06. The summed E-state index contributed by atoms with van der Waals surface area (Å²) in [5.74, 6) is 0.796. The van der Waals surface area contributed by atoms with E-state index in [0.717, 1.165) is 11.1 Å². The maximum atomic E-state index is 12.4. The Morgan fingerprint density at radius 1 is 1.08 bits per heavy atom. The van der Waals surface area contributed by atoms with Gasteiger partial charge in [0.25, 0.3) is 5.56 Å². The molecule has 0 spiro atoms. The Balaban J connectivity index is 1.69. The van der Waals surface area contributed by atoms with Gasteiger partial charge in [0.2, 0.25) is 11.7 Å². The molecule has 0 fully saturated rings. The van der Waals surface area contributed by atoms with E-state index in [4.69, 9.17) is 4.52 Å². The zero-order chi connectivity index (χ0) is 16.5. The summed E-state index contributed by atoms with van der Waals surface area (Å²) in [4.78, 5) is 16.8. The van der Waals surface area contributed by atoms with Gasteiger partial charge in [-0.15, -0.1) is 5.10 Å². The number of rotatable bonds is 3. The Labute approximate surface area is 136 Å². The third-order valence-electron chi connectivity index (χ3n) is 3.77. The van der Waals surface area contributed by atoms with Crippen molar-refractivity contribution in [1.82, 2.24) is 25.1 Å². The molecular weight excluding hydrogens is 306 g/mol. The highest BCUT2D eigenvalue weighted by Crippen LogP contribution is 2.19. The van der Waals surface area contributed by atoms with Crippen LogP contribution in [0, 0.1) is 6.92 Å². The summed E-state index contributed by atoms with van der Waals surface area (Å²) in [6.45, 7) is 2.06. The molecule has 0 unspecified atom stereocenters. The minimum Gasteiger partial charge on any atom is -0.337 e. The Morgan fingerprint density at radius 2 is 1.88 bits per heavy atom. The van der Waals surface area contributed by atoms with Crippen LogP contribution < -0.4 is 5.56 Å². The van der Waals surface area contributed by atoms with Gasteiger partial charge in [0.05, 0.1) is 5.39 Å². The van der Waals surface area contributed by atoms with Gasteiger partial charge in [-0.25, -0.2) is 4.68 Å². The van der Waals surface area contributed by atoms with Crippen LogP contribution >= 0.6 is 0 Å². The van der Waals surface area contributed by atoms with E-state index in [1.54, 1.807) is 18.2 Å². The molecule has 0 radical (unpaired) electrons. The van der Waals surface area contributed by atoms with E-state index in [-0.39, 0.29) is 12.1 Å². The molecule has 0 N–H and O–H groups in total. The van der Waals surface area contributed by atoms with Crippen molar-refractivity contribution in [2.75, 3.05) is 0 Å². The van der Waals surface area contributed by atoms with Crippen LogP contribution in [0.15, 0.2) is 57.8 Å². The number of aryl methyl sites for hydroxylation is 1. The number of aromatic nitrogens is 5. The van der Waals surface area contributed by atoms with Gasteiger partial charge in [-0.2, -0.15) is 4.98 Å². The van der Waals surface area contributed by atoms with Crippen LogP contribution in [0.1, 0.15) is 11.5 Å². The fourth-order valence-electron chi connectivity index (χ4n) is 2.51. The molecule has 0 aliphatic carbocycles. The van der Waals surface area contributed by atoms with Gasteiger partial charge in [-0.1, -0.05) is 46.8 Å². The lowest BCUT2D eigenvalue weighted by Gasteiger charge is -2.01. The third-order valence-corrected chi connectivity index (χ3v) is 3.77. The molecule has 7 heteroatoms. The molecule has 4 aromatic rings. The van der Waals surface area contributed by atoms with Crippen molar-refractivity contribution in [3.05, 3.63) is 70.3 Å². The SMILES string of the molecule is Cc1ccccc1-c1noc(Cn2nnc3ccccc3c2=O)n1. The summed E-state index contributed by atoms with van der Waals surface area (Å²) in [7, 11) is 0. The van der Waals surface area contributed by atoms with Crippen LogP contribution in [-0.4, -0.2) is 25.1 Å². The molecule has 7 nitrogen and oxygen atoms in total. The monoisotopic (exact) mass is 319 g/mol. The molecule has 4 rings (SSSR count). The van der Waals surface area contributed by atoms with Crippen LogP contribution in [-0.2, 0) is 6.54 Å². The molecule has 0 amide bonds. The highest BCUT2D eigenvalue weighted by Gasteiger charge is 2.13. The van der Waals surface area contributed by atoms with Crippen molar-refractivity contribution in [3.8, 4) is 11.4 Å². The van der Waals surface area contributed by atoms with Gasteiger partial charge in [-0.3, -0.25) is 4.79 Å². The predicted octanol–water partition coefficient (Wildman–Crippen LogP) is 2.20. The molecule has 0 saturated heterocycles. The van der Waals surface area contributed by atoms with Crippen LogP contribution in [0.2, 0.25) is 0 Å². The standard InChI is InChI=1S/C17H13N5O2/c1-11-6-2-3-7-12(11)16-18-15(24-20-16)10-22-17(23)13-8-4-5-9-14(13)19-21-22/h2-9H,10H2,1H3. The minimum absolute atomic E-state index is 0.0789. The zero-order valence-electron chi connectivity index (χ0n) is 12.9. The van der Waals surface area contributed by atoms with E-state index < -0.39 is 0 Å². The second-order valence-corrected chi connectivity index (χ2v) is 5.40. The van der Waals surface area contributed by atoms with E-state index >= 15 is 0 Å². The molecule has 24 heavy (non-hydrogen) atoms. The predicted molar refractivity (Wildman–Crippen MR) is 87.4 cm³/mol. The topological polar surface area (TPSA) is 86.7 Å². The summed E-state index contributed by atoms with van der Waals surface area (Å²) >= 11 is 0. The molecule has 0 aliphatic rings. The van der Waals surface area contributed by atoms with Gasteiger partial charge >= 0.3 is 0 Å². The molecular formula is C17H13N5O2. The largest absolute Gasteiger partial charge is 0.337 e. The normalized spacial score (nSPS) is 11.0. The van der Waals surface area contributed by atoms with Crippen molar-refractivity contribution in [2.24, 2.45) is 0 Å². The van der Waals surface area contributed by atoms with Crippen LogP contribution in [0.3, 0.4) is 0 Å². The van der Waals surface area contributed by atoms with Crippen LogP contribution in [0.25, 0.3) is 22.3 Å². The summed E-state index contributed by atoms with van der Waals surface area (Å²) in [5.41, 5.74) is 2.26. The van der Waals surface area contributed by atoms with Gasteiger partial charge < -0.3 is 4.52 Å². The van der Waals surface area contributed by atoms with Crippen LogP contribution in [0.4, 0.5) is 0 Å². The summed E-state index contributed by atoms with van der Waals surface area (Å²) in [5, 5.41) is 12.5. The second kappa shape index (κ2) is 5.69. The molecule has 2 aromatic heterocycles. The Hall–Kier alpha value is -3.35. The number of nitrogens with zero attached hydrogens (tertiary/aromatic N) is 5. The molecule has 2 heterocycles. The molecule has 118 valence electrons. The smallest absolute Gasteiger partial charge is 0.278 e. The first-order chi connectivity index (χ1) is 11.7. The molecule has 0 saturated carbocycles. The van der Waals surface area contributed by atoms with Crippen molar-refractivity contribution in [2.45, 2.75) is 13.5 Å². The first-order valence-corrected chi connectivity index (χ1v) is 7.43. The van der Waals surface area contributed by atoms with Crippen molar-refractivity contribution in [1.29, 1.82) is 0 Å². The number of hydrogen-bond acceptors (Lipinski definition) is 6. The van der Waals surface area contributed by atoms with Gasteiger partial charge in [0, 0.05) is 5.56 Å². The van der Waals surface area contributed by atoms with Gasteiger partial charge in [0.15, 0.2) is 0 Å². The van der Waals surface area contributed by atoms with Crippen LogP contribution in [0.5, 0.6) is 0 Å². The van der Waals surface area contributed by atoms with E-state index in [0.29, 0.717) is 22.6 Å². The maximum Gasteiger partial charge on any atom is 0.278 e. The number of benzene rings is 2. The quantitative estimate of drug-likeness (QED) is 0.575. The van der Waals surface area contributed by atoms with E-state index in [9.17, 15) is 4.79 Å². The van der Waals surface area contributed by atoms with Gasteiger partial charge in [-0.05, 0) is 24.6 Å². The fraction of sp³-hybridized carbons (Fsp3) is 0.118. The first-order valence-electron chi connectivity index (χ1n) is 7.43. The van der Waals surface area contributed by atoms with Crippen molar-refractivity contribution >= 4 is 10.9 Å². The Morgan fingerprint density at radius 3 is 2.75 bits per heavy atom. The van der Waals surface area contributed by atoms with E-state index in [1.807, 2.05) is 37.3 Å². The zero-order valence-corrected chi connectivity index (χ0v) is 12.9. The highest BCUT2D eigenvalue weighted by molar-refractivity contribution is 5.76. The Kier molecular flexibility index (Phi) is 3.38. The number of hydrogen-bond donors (Lipinski definition) is 0. The average molecular weight is 319 g/mol. The third kappa shape index (κ3) is 2.45. The maximum absolute atomic E-state index is 12.4. The van der Waals surface area contributed by atoms with Gasteiger partial charge in [0.1, 0.15) is 12.1 Å². The molecule has 2 aromatic carbocycles. The lowest BCUT2D eigenvalue weighted by molar-refractivity contribution is 0.361. The number of fused-ring (bicyclic) bond motifs is 1. The molecule has 0 aliphatic heterocycles. The molecule has 0 bridgehead atoms. The lowest BCUT2D eigenvalue weighted by Crippen LogP contribution is -2.24.